The van der Waals surface area contributed by atoms with E-state index in [1.807, 2.05) is 26.8 Å². The third-order valence-electron chi connectivity index (χ3n) is 7.09. The van der Waals surface area contributed by atoms with E-state index in [0.29, 0.717) is 10.9 Å². The van der Waals surface area contributed by atoms with Crippen LogP contribution in [0.15, 0.2) is 51.7 Å². The molecular formula is C34H43F3O5. The van der Waals surface area contributed by atoms with Crippen LogP contribution >= 0.6 is 0 Å². The monoisotopic (exact) mass is 588 g/mol. The molecule has 0 N–H and O–H groups in total. The Kier molecular flexibility index (Phi) is 10.9. The van der Waals surface area contributed by atoms with Gasteiger partial charge in [-0.15, -0.1) is 0 Å². The van der Waals surface area contributed by atoms with E-state index < -0.39 is 36.2 Å². The van der Waals surface area contributed by atoms with Gasteiger partial charge in [-0.3, -0.25) is 4.79 Å². The lowest BCUT2D eigenvalue weighted by Gasteiger charge is -2.30. The molecule has 0 aliphatic carbocycles. The zero-order valence-corrected chi connectivity index (χ0v) is 25.6. The van der Waals surface area contributed by atoms with Gasteiger partial charge in [0.25, 0.3) is 0 Å². The normalized spacial score (nSPS) is 13.6. The van der Waals surface area contributed by atoms with E-state index in [-0.39, 0.29) is 29.8 Å². The molecule has 3 rings (SSSR count). The van der Waals surface area contributed by atoms with Crippen LogP contribution in [0.1, 0.15) is 84.8 Å². The van der Waals surface area contributed by atoms with Crippen LogP contribution in [0.3, 0.4) is 0 Å². The van der Waals surface area contributed by atoms with E-state index in [9.17, 15) is 22.8 Å². The number of alkyl halides is 3. The molecular weight excluding hydrogens is 545 g/mol. The first-order valence-corrected chi connectivity index (χ1v) is 14.7. The number of hydrogen-bond donors (Lipinski definition) is 0. The number of benzene rings is 2. The number of fused-ring (bicyclic) bond motifs is 1. The van der Waals surface area contributed by atoms with Gasteiger partial charge >= 0.3 is 17.8 Å². The van der Waals surface area contributed by atoms with E-state index in [0.717, 1.165) is 36.8 Å². The van der Waals surface area contributed by atoms with Crippen LogP contribution in [0.5, 0.6) is 5.75 Å². The predicted octanol–water partition coefficient (Wildman–Crippen LogP) is 9.07. The summed E-state index contributed by atoms with van der Waals surface area (Å²) in [5.74, 6) is -0.310. The third-order valence-corrected chi connectivity index (χ3v) is 7.09. The Balaban J connectivity index is 1.80. The van der Waals surface area contributed by atoms with E-state index in [1.54, 1.807) is 18.2 Å². The molecule has 5 nitrogen and oxygen atoms in total. The molecule has 0 amide bonds. The first-order valence-electron chi connectivity index (χ1n) is 14.7. The molecule has 0 saturated heterocycles. The van der Waals surface area contributed by atoms with Gasteiger partial charge < -0.3 is 13.9 Å². The maximum atomic E-state index is 13.4. The second-order valence-corrected chi connectivity index (χ2v) is 12.7. The molecule has 42 heavy (non-hydrogen) atoms. The molecule has 1 atom stereocenters. The smallest absolute Gasteiger partial charge is 0.389 e. The summed E-state index contributed by atoms with van der Waals surface area (Å²) in [7, 11) is 0. The van der Waals surface area contributed by atoms with Crippen molar-refractivity contribution < 1.29 is 31.9 Å². The summed E-state index contributed by atoms with van der Waals surface area (Å²) < 4.78 is 56.8. The SMILES string of the molecule is CCCCCc1ccc(-c2cc3ccc(OCC(C)(COC(=O)CC(C)(C)C)CC(F)(F)F)cc3oc2=O)c(CC)c1. The maximum absolute atomic E-state index is 13.4. The highest BCUT2D eigenvalue weighted by molar-refractivity contribution is 5.83. The van der Waals surface area contributed by atoms with Crippen molar-refractivity contribution in [3.63, 3.8) is 0 Å². The van der Waals surface area contributed by atoms with Crippen molar-refractivity contribution in [2.24, 2.45) is 10.8 Å². The van der Waals surface area contributed by atoms with E-state index in [2.05, 4.69) is 26.0 Å². The standard InChI is InChI=1S/C34H43F3O5/c1-7-9-10-11-23-12-15-27(24(8-2)16-23)28-17-25-13-14-26(18-29(25)42-31(28)39)40-21-33(6,20-34(35,36)37)22-41-30(38)19-32(3,4)5/h12-18H,7-11,19-22H2,1-6H3. The van der Waals surface area contributed by atoms with Gasteiger partial charge in [-0.2, -0.15) is 13.2 Å². The molecule has 0 radical (unpaired) electrons. The van der Waals surface area contributed by atoms with Crippen molar-refractivity contribution in [1.29, 1.82) is 0 Å². The Morgan fingerprint density at radius 2 is 1.64 bits per heavy atom. The van der Waals surface area contributed by atoms with Crippen molar-refractivity contribution in [1.82, 2.24) is 0 Å². The zero-order valence-electron chi connectivity index (χ0n) is 25.6. The Labute approximate surface area is 246 Å². The molecule has 1 heterocycles. The summed E-state index contributed by atoms with van der Waals surface area (Å²) in [5.41, 5.74) is 1.52. The van der Waals surface area contributed by atoms with Gasteiger partial charge in [0.15, 0.2) is 0 Å². The fraction of sp³-hybridized carbons (Fsp3) is 0.529. The van der Waals surface area contributed by atoms with Crippen molar-refractivity contribution in [2.75, 3.05) is 13.2 Å². The summed E-state index contributed by atoms with van der Waals surface area (Å²) in [6, 6.07) is 12.8. The van der Waals surface area contributed by atoms with Gasteiger partial charge in [-0.1, -0.05) is 72.6 Å². The highest BCUT2D eigenvalue weighted by Crippen LogP contribution is 2.35. The number of ether oxygens (including phenoxy) is 2. The van der Waals surface area contributed by atoms with Gasteiger partial charge in [0.2, 0.25) is 0 Å². The van der Waals surface area contributed by atoms with Gasteiger partial charge in [-0.05, 0) is 59.6 Å². The largest absolute Gasteiger partial charge is 0.493 e. The number of carbonyl (C=O) groups excluding carboxylic acids is 1. The van der Waals surface area contributed by atoms with Crippen LogP contribution < -0.4 is 10.4 Å². The van der Waals surface area contributed by atoms with E-state index in [1.165, 1.54) is 25.0 Å². The number of rotatable bonds is 13. The van der Waals surface area contributed by atoms with Crippen LogP contribution in [0.2, 0.25) is 0 Å². The first-order chi connectivity index (χ1) is 19.6. The van der Waals surface area contributed by atoms with Gasteiger partial charge in [0.05, 0.1) is 25.0 Å². The van der Waals surface area contributed by atoms with Crippen LogP contribution in [-0.2, 0) is 22.4 Å². The number of carbonyl (C=O) groups is 1. The summed E-state index contributed by atoms with van der Waals surface area (Å²) in [6.07, 6.45) is -0.359. The summed E-state index contributed by atoms with van der Waals surface area (Å²) in [5, 5.41) is 0.667. The second-order valence-electron chi connectivity index (χ2n) is 12.7. The minimum atomic E-state index is -4.48. The maximum Gasteiger partial charge on any atom is 0.389 e. The number of halogens is 3. The zero-order chi connectivity index (χ0) is 31.1. The first kappa shape index (κ1) is 33.2. The minimum absolute atomic E-state index is 0.0878. The van der Waals surface area contributed by atoms with Crippen LogP contribution in [0, 0.1) is 10.8 Å². The van der Waals surface area contributed by atoms with Gasteiger partial charge in [0, 0.05) is 16.9 Å². The minimum Gasteiger partial charge on any atom is -0.493 e. The molecule has 2 aromatic carbocycles. The lowest BCUT2D eigenvalue weighted by Crippen LogP contribution is -2.36. The highest BCUT2D eigenvalue weighted by atomic mass is 19.4. The van der Waals surface area contributed by atoms with Gasteiger partial charge in [0.1, 0.15) is 17.9 Å². The Bertz CT molecular complexity index is 1420. The van der Waals surface area contributed by atoms with Crippen molar-refractivity contribution in [3.8, 4) is 16.9 Å². The van der Waals surface area contributed by atoms with E-state index >= 15 is 0 Å². The molecule has 230 valence electrons. The van der Waals surface area contributed by atoms with Crippen LogP contribution in [-0.4, -0.2) is 25.4 Å². The average Bonchev–Trinajstić information content (AvgIpc) is 2.89. The number of aryl methyl sites for hydroxylation is 2. The van der Waals surface area contributed by atoms with Gasteiger partial charge in [-0.25, -0.2) is 4.79 Å². The molecule has 3 aromatic rings. The summed E-state index contributed by atoms with van der Waals surface area (Å²) >= 11 is 0. The molecule has 0 bridgehead atoms. The lowest BCUT2D eigenvalue weighted by molar-refractivity contribution is -0.175. The molecule has 0 aliphatic heterocycles. The molecule has 0 saturated carbocycles. The molecule has 8 heteroatoms. The molecule has 0 aliphatic rings. The number of unbranched alkanes of at least 4 members (excludes halogenated alkanes) is 2. The van der Waals surface area contributed by atoms with Crippen molar-refractivity contribution >= 4 is 16.9 Å². The van der Waals surface area contributed by atoms with Crippen molar-refractivity contribution in [2.45, 2.75) is 92.7 Å². The van der Waals surface area contributed by atoms with E-state index in [4.69, 9.17) is 13.9 Å². The van der Waals surface area contributed by atoms with Crippen LogP contribution in [0.25, 0.3) is 22.1 Å². The number of esters is 1. The molecule has 0 spiro atoms. The molecule has 0 fully saturated rings. The second kappa shape index (κ2) is 13.8. The molecule has 1 aromatic heterocycles. The Hall–Kier alpha value is -3.29. The van der Waals surface area contributed by atoms with Crippen LogP contribution in [0.4, 0.5) is 13.2 Å². The predicted molar refractivity (Wildman–Crippen MR) is 160 cm³/mol. The summed E-state index contributed by atoms with van der Waals surface area (Å²) in [6.45, 7) is 10.4. The fourth-order valence-electron chi connectivity index (χ4n) is 4.93. The Morgan fingerprint density at radius 3 is 2.29 bits per heavy atom. The quantitative estimate of drug-likeness (QED) is 0.113. The average molecular weight is 589 g/mol. The molecule has 1 unspecified atom stereocenters. The third kappa shape index (κ3) is 9.92. The lowest BCUT2D eigenvalue weighted by atomic mass is 9.88. The topological polar surface area (TPSA) is 65.7 Å². The fourth-order valence-corrected chi connectivity index (χ4v) is 4.93. The highest BCUT2D eigenvalue weighted by Gasteiger charge is 2.41. The summed E-state index contributed by atoms with van der Waals surface area (Å²) in [4.78, 5) is 25.2. The number of hydrogen-bond acceptors (Lipinski definition) is 5. The Morgan fingerprint density at radius 1 is 0.905 bits per heavy atom. The van der Waals surface area contributed by atoms with Crippen molar-refractivity contribution in [3.05, 3.63) is 64.0 Å².